The first-order valence-corrected chi connectivity index (χ1v) is 4.05. The van der Waals surface area contributed by atoms with Crippen molar-refractivity contribution >= 4 is 29.2 Å². The Morgan fingerprint density at radius 2 is 2.20 bits per heavy atom. The number of hydrogen-bond acceptors (Lipinski definition) is 3. The minimum atomic E-state index is -1.12. The number of halogens is 1. The van der Waals surface area contributed by atoms with Crippen LogP contribution >= 0.6 is 12.4 Å². The van der Waals surface area contributed by atoms with Crippen LogP contribution < -0.4 is 5.73 Å². The zero-order chi connectivity index (χ0) is 7.44. The normalized spacial score (nSPS) is 15.0. The lowest BCUT2D eigenvalue weighted by Gasteiger charge is -2.00. The van der Waals surface area contributed by atoms with Crippen LogP contribution in [0.15, 0.2) is 0 Å². The molecule has 62 valence electrons. The van der Waals surface area contributed by atoms with Gasteiger partial charge in [-0.1, -0.05) is 0 Å². The molecule has 0 unspecified atom stereocenters. The van der Waals surface area contributed by atoms with Crippen molar-refractivity contribution in [1.29, 1.82) is 0 Å². The molecule has 0 saturated carbocycles. The van der Waals surface area contributed by atoms with Crippen LogP contribution in [0, 0.1) is 0 Å². The summed E-state index contributed by atoms with van der Waals surface area (Å²) in [6.07, 6.45) is 1.42. The highest BCUT2D eigenvalue weighted by atomic mass is 35.5. The van der Waals surface area contributed by atoms with Crippen molar-refractivity contribution in [3.05, 3.63) is 0 Å². The zero-order valence-electron chi connectivity index (χ0n) is 5.44. The molecule has 0 aliphatic rings. The smallest absolute Gasteiger partial charge is 0.321 e. The van der Waals surface area contributed by atoms with Crippen molar-refractivity contribution in [2.45, 2.75) is 6.04 Å². The molecule has 0 amide bonds. The first kappa shape index (κ1) is 12.5. The summed E-state index contributed by atoms with van der Waals surface area (Å²) < 4.78 is 10.3. The lowest BCUT2D eigenvalue weighted by molar-refractivity contribution is -0.137. The second kappa shape index (κ2) is 5.64. The van der Waals surface area contributed by atoms with Crippen LogP contribution in [0.25, 0.3) is 0 Å². The van der Waals surface area contributed by atoms with Gasteiger partial charge in [-0.15, -0.1) is 12.4 Å². The molecule has 0 rings (SSSR count). The molecule has 0 aliphatic heterocycles. The molecule has 0 bridgehead atoms. The molecule has 3 N–H and O–H groups in total. The van der Waals surface area contributed by atoms with Crippen LogP contribution in [0.2, 0.25) is 0 Å². The summed E-state index contributed by atoms with van der Waals surface area (Å²) in [5.41, 5.74) is 5.02. The topological polar surface area (TPSA) is 80.4 Å². The van der Waals surface area contributed by atoms with Gasteiger partial charge in [-0.2, -0.15) is 0 Å². The molecule has 10 heavy (non-hydrogen) atoms. The highest BCUT2D eigenvalue weighted by Crippen LogP contribution is 1.81. The van der Waals surface area contributed by atoms with Crippen molar-refractivity contribution in [2.24, 2.45) is 5.73 Å². The summed E-state index contributed by atoms with van der Waals surface area (Å²) in [4.78, 5) is 9.98. The van der Waals surface area contributed by atoms with E-state index in [2.05, 4.69) is 0 Å². The number of hydrogen-bond donors (Lipinski definition) is 2. The lowest BCUT2D eigenvalue weighted by atomic mass is 10.4. The summed E-state index contributed by atoms with van der Waals surface area (Å²) in [6.45, 7) is 0. The van der Waals surface area contributed by atoms with E-state index in [1.165, 1.54) is 6.26 Å². The number of aliphatic carboxylic acids is 1. The third-order valence-corrected chi connectivity index (χ3v) is 1.56. The highest BCUT2D eigenvalue weighted by Gasteiger charge is 2.11. The molecule has 2 atom stereocenters. The summed E-state index contributed by atoms with van der Waals surface area (Å²) in [7, 11) is -1.12. The predicted octanol–water partition coefficient (Wildman–Crippen LogP) is -0.801. The average molecular weight is 188 g/mol. The molecule has 0 aromatic rings. The fourth-order valence-electron chi connectivity index (χ4n) is 0.324. The summed E-state index contributed by atoms with van der Waals surface area (Å²) in [6, 6.07) is -0.990. The average Bonchev–Trinajstić information content (AvgIpc) is 1.63. The van der Waals surface area contributed by atoms with E-state index in [0.717, 1.165) is 0 Å². The Hall–Kier alpha value is -0.130. The molecule has 4 nitrogen and oxygen atoms in total. The maximum Gasteiger partial charge on any atom is 0.321 e. The Bertz CT molecular complexity index is 140. The second-order valence-electron chi connectivity index (χ2n) is 1.68. The van der Waals surface area contributed by atoms with Gasteiger partial charge < -0.3 is 10.8 Å². The van der Waals surface area contributed by atoms with Crippen LogP contribution in [0.1, 0.15) is 0 Å². The molecule has 0 spiro atoms. The van der Waals surface area contributed by atoms with E-state index in [4.69, 9.17) is 10.8 Å². The number of carboxylic acids is 1. The Labute approximate surface area is 67.7 Å². The van der Waals surface area contributed by atoms with Gasteiger partial charge in [0.2, 0.25) is 0 Å². The van der Waals surface area contributed by atoms with Gasteiger partial charge in [0.05, 0.1) is 0 Å². The fraction of sp³-hybridized carbons (Fsp3) is 0.750. The Morgan fingerprint density at radius 3 is 2.30 bits per heavy atom. The van der Waals surface area contributed by atoms with Crippen LogP contribution in [-0.2, 0) is 15.6 Å². The summed E-state index contributed by atoms with van der Waals surface area (Å²) in [5, 5.41) is 8.17. The van der Waals surface area contributed by atoms with E-state index >= 15 is 0 Å². The first-order chi connectivity index (χ1) is 4.04. The van der Waals surface area contributed by atoms with E-state index in [0.29, 0.717) is 0 Å². The molecule has 0 aliphatic carbocycles. The van der Waals surface area contributed by atoms with Crippen LogP contribution in [-0.4, -0.2) is 33.3 Å². The van der Waals surface area contributed by atoms with E-state index in [-0.39, 0.29) is 18.2 Å². The van der Waals surface area contributed by atoms with Crippen LogP contribution in [0.3, 0.4) is 0 Å². The van der Waals surface area contributed by atoms with Gasteiger partial charge in [-0.05, 0) is 0 Å². The summed E-state index contributed by atoms with van der Waals surface area (Å²) in [5.74, 6) is -1.08. The Balaban J connectivity index is 0. The highest BCUT2D eigenvalue weighted by molar-refractivity contribution is 7.84. The maximum atomic E-state index is 10.3. The van der Waals surface area contributed by atoms with E-state index in [9.17, 15) is 9.00 Å². The number of carbonyl (C=O) groups is 1. The van der Waals surface area contributed by atoms with Crippen LogP contribution in [0.5, 0.6) is 0 Å². The van der Waals surface area contributed by atoms with Crippen molar-refractivity contribution in [3.63, 3.8) is 0 Å². The van der Waals surface area contributed by atoms with Crippen molar-refractivity contribution in [3.8, 4) is 0 Å². The standard InChI is InChI=1S/C4H9NO3S.ClH/c1-9(8)2-3(5)4(6)7;/h3H,2,5H2,1H3,(H,6,7);1H/t3-,9-;/m0./s1. The van der Waals surface area contributed by atoms with Crippen molar-refractivity contribution in [2.75, 3.05) is 12.0 Å². The van der Waals surface area contributed by atoms with Crippen LogP contribution in [0.4, 0.5) is 0 Å². The van der Waals surface area contributed by atoms with Gasteiger partial charge in [-0.3, -0.25) is 9.00 Å². The molecule has 0 saturated heterocycles. The fourth-order valence-corrected chi connectivity index (χ4v) is 0.972. The summed E-state index contributed by atoms with van der Waals surface area (Å²) >= 11 is 0. The Kier molecular flexibility index (Phi) is 7.07. The van der Waals surface area contributed by atoms with E-state index in [1.54, 1.807) is 0 Å². The molecular weight excluding hydrogens is 178 g/mol. The number of nitrogens with two attached hydrogens (primary N) is 1. The first-order valence-electron chi connectivity index (χ1n) is 2.32. The third-order valence-electron chi connectivity index (χ3n) is 0.731. The Morgan fingerprint density at radius 1 is 1.80 bits per heavy atom. The van der Waals surface area contributed by atoms with Crippen molar-refractivity contribution in [1.82, 2.24) is 0 Å². The molecule has 0 heterocycles. The van der Waals surface area contributed by atoms with E-state index < -0.39 is 22.8 Å². The number of carboxylic acid groups (broad SMARTS) is 1. The zero-order valence-corrected chi connectivity index (χ0v) is 7.08. The largest absolute Gasteiger partial charge is 0.480 e. The van der Waals surface area contributed by atoms with E-state index in [1.807, 2.05) is 0 Å². The number of rotatable bonds is 3. The SMILES string of the molecule is C[S@](=O)C[C@H](N)C(=O)O.Cl. The third kappa shape index (κ3) is 6.00. The monoisotopic (exact) mass is 187 g/mol. The molecule has 0 aromatic carbocycles. The molecule has 6 heteroatoms. The quantitative estimate of drug-likeness (QED) is 0.606. The van der Waals surface area contributed by atoms with Gasteiger partial charge in [0, 0.05) is 22.8 Å². The van der Waals surface area contributed by atoms with Gasteiger partial charge in [0.15, 0.2) is 0 Å². The minimum Gasteiger partial charge on any atom is -0.480 e. The molecular formula is C4H10ClNO3S. The van der Waals surface area contributed by atoms with Gasteiger partial charge in [-0.25, -0.2) is 0 Å². The van der Waals surface area contributed by atoms with Gasteiger partial charge >= 0.3 is 5.97 Å². The minimum absolute atomic E-state index is 0. The van der Waals surface area contributed by atoms with Gasteiger partial charge in [0.25, 0.3) is 0 Å². The van der Waals surface area contributed by atoms with Gasteiger partial charge in [0.1, 0.15) is 6.04 Å². The lowest BCUT2D eigenvalue weighted by Crippen LogP contribution is -2.35. The maximum absolute atomic E-state index is 10.3. The van der Waals surface area contributed by atoms with Crippen molar-refractivity contribution < 1.29 is 14.1 Å². The second-order valence-corrected chi connectivity index (χ2v) is 3.16. The molecule has 0 aromatic heterocycles. The predicted molar refractivity (Wildman–Crippen MR) is 41.8 cm³/mol. The molecule has 0 fully saturated rings. The molecule has 0 radical (unpaired) electrons.